The molecule has 0 saturated carbocycles. The molecule has 0 spiro atoms. The highest BCUT2D eigenvalue weighted by Crippen LogP contribution is 2.38. The van der Waals surface area contributed by atoms with Crippen molar-refractivity contribution in [1.29, 1.82) is 0 Å². The van der Waals surface area contributed by atoms with E-state index in [1.807, 2.05) is 49.6 Å². The molecule has 10 rings (SSSR count). The van der Waals surface area contributed by atoms with Crippen molar-refractivity contribution in [2.45, 2.75) is 25.7 Å². The minimum Gasteiger partial charge on any atom is -0.265 e. The quantitative estimate of drug-likeness (QED) is 0.240. The van der Waals surface area contributed by atoms with Crippen LogP contribution in [0.4, 0.5) is 0 Å². The van der Waals surface area contributed by atoms with Crippen LogP contribution in [0.3, 0.4) is 0 Å². The average molecular weight is 517 g/mol. The summed E-state index contributed by atoms with van der Waals surface area (Å²) in [6, 6.07) is 26.7. The lowest BCUT2D eigenvalue weighted by molar-refractivity contribution is 0.928. The average Bonchev–Trinajstić information content (AvgIpc) is 3.03. The molecule has 4 aliphatic rings. The molecule has 0 unspecified atom stereocenters. The van der Waals surface area contributed by atoms with Gasteiger partial charge in [0.25, 0.3) is 0 Å². The minimum absolute atomic E-state index is 0.920. The highest BCUT2D eigenvalue weighted by molar-refractivity contribution is 5.79. The van der Waals surface area contributed by atoms with Crippen LogP contribution in [0.15, 0.2) is 122 Å². The van der Waals surface area contributed by atoms with Crippen LogP contribution in [0, 0.1) is 0 Å². The summed E-state index contributed by atoms with van der Waals surface area (Å²) in [6.45, 7) is 0. The molecule has 4 heteroatoms. The first-order valence-corrected chi connectivity index (χ1v) is 13.8. The summed E-state index contributed by atoms with van der Waals surface area (Å²) in [5.41, 5.74) is 15.4. The Bertz CT molecular complexity index is 1500. The molecular formula is C36H28N4. The Kier molecular flexibility index (Phi) is 6.42. The summed E-state index contributed by atoms with van der Waals surface area (Å²) in [5, 5.41) is 0. The van der Waals surface area contributed by atoms with E-state index in [0.717, 1.165) is 25.7 Å². The van der Waals surface area contributed by atoms with Crippen LogP contribution in [0.25, 0.3) is 44.5 Å². The third-order valence-electron chi connectivity index (χ3n) is 7.95. The molecule has 0 atom stereocenters. The van der Waals surface area contributed by atoms with E-state index in [1.54, 1.807) is 0 Å². The smallest absolute Gasteiger partial charge is 0.0273 e. The second-order valence-corrected chi connectivity index (χ2v) is 10.3. The number of benzene rings is 2. The number of pyridine rings is 4. The first-order valence-electron chi connectivity index (χ1n) is 13.8. The van der Waals surface area contributed by atoms with Crippen LogP contribution < -0.4 is 0 Å². The molecule has 6 aromatic rings. The van der Waals surface area contributed by atoms with E-state index in [9.17, 15) is 0 Å². The molecule has 2 aromatic carbocycles. The molecule has 4 nitrogen and oxygen atoms in total. The van der Waals surface area contributed by atoms with Crippen LogP contribution >= 0.6 is 0 Å². The molecule has 0 N–H and O–H groups in total. The molecule has 0 aliphatic heterocycles. The summed E-state index contributed by atoms with van der Waals surface area (Å²) in [4.78, 5) is 17.1. The number of rotatable bonds is 4. The van der Waals surface area contributed by atoms with E-state index >= 15 is 0 Å². The van der Waals surface area contributed by atoms with Gasteiger partial charge >= 0.3 is 0 Å². The monoisotopic (exact) mass is 516 g/mol. The standard InChI is InChI=1S/C36H28N4/c1-2-30-22-36(28-11-19-40-20-12-28)32(24-35(30)27-9-17-39-18-10-27)4-3-31-23-33(25-5-13-37-14-6-25)29(1)21-34(31)26-7-15-38-16-8-26/h5-24H,1-4H2. The maximum Gasteiger partial charge on any atom is 0.0273 e. The molecule has 0 fully saturated rings. The normalized spacial score (nSPS) is 12.6. The zero-order valence-electron chi connectivity index (χ0n) is 22.2. The van der Waals surface area contributed by atoms with E-state index in [0.29, 0.717) is 0 Å². The molecule has 4 aliphatic carbocycles. The fraction of sp³-hybridized carbons (Fsp3) is 0.111. The zero-order chi connectivity index (χ0) is 26.7. The summed E-state index contributed by atoms with van der Waals surface area (Å²) in [6.07, 6.45) is 18.8. The number of hydrogen-bond acceptors (Lipinski definition) is 4. The topological polar surface area (TPSA) is 51.6 Å². The van der Waals surface area contributed by atoms with E-state index in [2.05, 4.69) is 92.7 Å². The van der Waals surface area contributed by atoms with Gasteiger partial charge in [0, 0.05) is 49.6 Å². The van der Waals surface area contributed by atoms with Crippen LogP contribution in [0.5, 0.6) is 0 Å². The van der Waals surface area contributed by atoms with E-state index in [1.165, 1.54) is 66.8 Å². The predicted molar refractivity (Wildman–Crippen MR) is 161 cm³/mol. The lowest BCUT2D eigenvalue weighted by Gasteiger charge is -2.22. The van der Waals surface area contributed by atoms with Gasteiger partial charge in [-0.2, -0.15) is 0 Å². The molecule has 0 amide bonds. The molecule has 4 bridgehead atoms. The van der Waals surface area contributed by atoms with Gasteiger partial charge in [-0.1, -0.05) is 24.3 Å². The fourth-order valence-corrected chi connectivity index (χ4v) is 5.95. The Hall–Kier alpha value is -4.96. The Morgan fingerprint density at radius 2 is 0.500 bits per heavy atom. The number of hydrogen-bond donors (Lipinski definition) is 0. The molecular weight excluding hydrogens is 488 g/mol. The first kappa shape index (κ1) is 24.1. The van der Waals surface area contributed by atoms with Gasteiger partial charge in [0.15, 0.2) is 0 Å². The van der Waals surface area contributed by atoms with Gasteiger partial charge in [0.1, 0.15) is 0 Å². The molecule has 4 heterocycles. The van der Waals surface area contributed by atoms with E-state index < -0.39 is 0 Å². The van der Waals surface area contributed by atoms with Crippen molar-refractivity contribution in [2.24, 2.45) is 0 Å². The van der Waals surface area contributed by atoms with Crippen molar-refractivity contribution >= 4 is 0 Å². The Morgan fingerprint density at radius 3 is 0.700 bits per heavy atom. The van der Waals surface area contributed by atoms with Crippen LogP contribution in [-0.4, -0.2) is 19.9 Å². The van der Waals surface area contributed by atoms with Gasteiger partial charge in [-0.25, -0.2) is 0 Å². The second kappa shape index (κ2) is 10.7. The van der Waals surface area contributed by atoms with Gasteiger partial charge in [-0.05, 0) is 141 Å². The second-order valence-electron chi connectivity index (χ2n) is 10.3. The highest BCUT2D eigenvalue weighted by atomic mass is 14.6. The van der Waals surface area contributed by atoms with Gasteiger partial charge in [0.05, 0.1) is 0 Å². The van der Waals surface area contributed by atoms with Crippen molar-refractivity contribution < 1.29 is 0 Å². The number of aromatic nitrogens is 4. The van der Waals surface area contributed by atoms with Crippen molar-refractivity contribution in [3.63, 3.8) is 0 Å². The Labute approximate surface area is 234 Å². The summed E-state index contributed by atoms with van der Waals surface area (Å²) < 4.78 is 0. The third kappa shape index (κ3) is 4.69. The zero-order valence-corrected chi connectivity index (χ0v) is 22.2. The van der Waals surface area contributed by atoms with Gasteiger partial charge in [0.2, 0.25) is 0 Å². The minimum atomic E-state index is 0.920. The Morgan fingerprint density at radius 1 is 0.300 bits per heavy atom. The summed E-state index contributed by atoms with van der Waals surface area (Å²) in [5.74, 6) is 0. The highest BCUT2D eigenvalue weighted by Gasteiger charge is 2.19. The van der Waals surface area contributed by atoms with E-state index in [-0.39, 0.29) is 0 Å². The molecule has 0 saturated heterocycles. The molecule has 40 heavy (non-hydrogen) atoms. The summed E-state index contributed by atoms with van der Waals surface area (Å²) >= 11 is 0. The maximum absolute atomic E-state index is 4.28. The largest absolute Gasteiger partial charge is 0.265 e. The van der Waals surface area contributed by atoms with Crippen LogP contribution in [-0.2, 0) is 25.7 Å². The molecule has 0 radical (unpaired) electrons. The van der Waals surface area contributed by atoms with E-state index in [4.69, 9.17) is 0 Å². The fourth-order valence-electron chi connectivity index (χ4n) is 5.95. The van der Waals surface area contributed by atoms with Crippen molar-refractivity contribution in [2.75, 3.05) is 0 Å². The van der Waals surface area contributed by atoms with Crippen LogP contribution in [0.1, 0.15) is 22.3 Å². The van der Waals surface area contributed by atoms with Crippen molar-refractivity contribution in [3.8, 4) is 44.5 Å². The van der Waals surface area contributed by atoms with Gasteiger partial charge in [-0.15, -0.1) is 0 Å². The predicted octanol–water partition coefficient (Wildman–Crippen LogP) is 7.82. The Balaban J connectivity index is 1.44. The van der Waals surface area contributed by atoms with Gasteiger partial charge < -0.3 is 0 Å². The number of aryl methyl sites for hydroxylation is 4. The lowest BCUT2D eigenvalue weighted by atomic mass is 9.82. The molecule has 192 valence electrons. The van der Waals surface area contributed by atoms with Crippen molar-refractivity contribution in [3.05, 3.63) is 145 Å². The summed E-state index contributed by atoms with van der Waals surface area (Å²) in [7, 11) is 0. The third-order valence-corrected chi connectivity index (χ3v) is 7.95. The van der Waals surface area contributed by atoms with Gasteiger partial charge in [-0.3, -0.25) is 19.9 Å². The maximum atomic E-state index is 4.28. The first-order chi connectivity index (χ1) is 19.8. The lowest BCUT2D eigenvalue weighted by Crippen LogP contribution is -2.06. The van der Waals surface area contributed by atoms with Crippen LogP contribution in [0.2, 0.25) is 0 Å². The number of nitrogens with zero attached hydrogens (tertiary/aromatic N) is 4. The molecule has 4 aromatic heterocycles. The SMILES string of the molecule is c1cc(-c2cc3c(-c4ccncc4)cc2CCc2cc(-c4ccncc4)c(cc2-c2ccncc2)CC3)ccn1. The van der Waals surface area contributed by atoms with Crippen molar-refractivity contribution in [1.82, 2.24) is 19.9 Å².